The van der Waals surface area contributed by atoms with Gasteiger partial charge in [0.25, 0.3) is 0 Å². The third-order valence-electron chi connectivity index (χ3n) is 3.61. The Balaban J connectivity index is 2.56. The van der Waals surface area contributed by atoms with Gasteiger partial charge in [-0.25, -0.2) is 4.79 Å². The van der Waals surface area contributed by atoms with E-state index in [9.17, 15) is 9.59 Å². The molecule has 0 aliphatic carbocycles. The number of carbonyl (C=O) groups is 2. The lowest BCUT2D eigenvalue weighted by Gasteiger charge is -2.07. The first-order chi connectivity index (χ1) is 11.6. The lowest BCUT2D eigenvalue weighted by atomic mass is 10.00. The summed E-state index contributed by atoms with van der Waals surface area (Å²) < 4.78 is 4.93. The number of benzene rings is 1. The fraction of sp³-hybridized carbons (Fsp3) is 0.333. The first-order valence-electron chi connectivity index (χ1n) is 7.91. The van der Waals surface area contributed by atoms with Crippen LogP contribution in [0.1, 0.15) is 44.5 Å². The molecule has 0 radical (unpaired) electrons. The van der Waals surface area contributed by atoms with Gasteiger partial charge in [0.1, 0.15) is 5.00 Å². The van der Waals surface area contributed by atoms with Crippen LogP contribution in [0, 0.1) is 0 Å². The van der Waals surface area contributed by atoms with E-state index in [4.69, 9.17) is 10.5 Å². The highest BCUT2D eigenvalue weighted by Gasteiger charge is 2.27. The van der Waals surface area contributed by atoms with Crippen LogP contribution < -0.4 is 11.1 Å². The van der Waals surface area contributed by atoms with Gasteiger partial charge in [0.05, 0.1) is 17.6 Å². The molecule has 0 aliphatic heterocycles. The van der Waals surface area contributed by atoms with Crippen molar-refractivity contribution in [3.8, 4) is 0 Å². The number of hydrogen-bond acceptors (Lipinski definition) is 6. The highest BCUT2D eigenvalue weighted by atomic mass is 32.1. The van der Waals surface area contributed by atoms with Crippen molar-refractivity contribution in [3.63, 3.8) is 0 Å². The summed E-state index contributed by atoms with van der Waals surface area (Å²) in [4.78, 5) is 25.8. The molecule has 0 fully saturated rings. The largest absolute Gasteiger partial charge is 0.465 e. The fourth-order valence-electron chi connectivity index (χ4n) is 2.49. The van der Waals surface area contributed by atoms with Crippen molar-refractivity contribution in [3.05, 3.63) is 51.9 Å². The first kappa shape index (κ1) is 18.2. The fourth-order valence-corrected chi connectivity index (χ4v) is 3.76. The summed E-state index contributed by atoms with van der Waals surface area (Å²) in [5.74, 6) is -0.511. The molecule has 0 aliphatic rings. The molecule has 24 heavy (non-hydrogen) atoms. The zero-order valence-electron chi connectivity index (χ0n) is 13.9. The zero-order chi connectivity index (χ0) is 17.5. The number of esters is 1. The van der Waals surface area contributed by atoms with Crippen LogP contribution in [-0.2, 0) is 11.2 Å². The summed E-state index contributed by atoms with van der Waals surface area (Å²) in [6.45, 7) is 3.09. The van der Waals surface area contributed by atoms with Crippen LogP contribution in [0.2, 0.25) is 0 Å². The van der Waals surface area contributed by atoms with Crippen molar-refractivity contribution < 1.29 is 14.3 Å². The molecule has 2 rings (SSSR count). The average Bonchev–Trinajstić information content (AvgIpc) is 2.97. The molecule has 2 aromatic rings. The number of ketones is 1. The smallest absolute Gasteiger partial charge is 0.341 e. The van der Waals surface area contributed by atoms with Gasteiger partial charge in [0.15, 0.2) is 0 Å². The predicted molar refractivity (Wildman–Crippen MR) is 97.1 cm³/mol. The maximum atomic E-state index is 12.9. The second-order valence-electron chi connectivity index (χ2n) is 5.22. The zero-order valence-corrected chi connectivity index (χ0v) is 14.7. The second kappa shape index (κ2) is 8.61. The van der Waals surface area contributed by atoms with E-state index < -0.39 is 5.97 Å². The summed E-state index contributed by atoms with van der Waals surface area (Å²) in [6, 6.07) is 9.07. The Hall–Kier alpha value is -2.18. The number of thiophene rings is 1. The standard InChI is InChI=1S/C18H22N2O3S/c1-3-20-17-14(18(22)23-2)13(10-7-11-19)16(24-17)15(21)12-8-5-4-6-9-12/h4-6,8-9,20H,3,7,10-11,19H2,1-2H3. The lowest BCUT2D eigenvalue weighted by molar-refractivity contribution is 0.0601. The normalized spacial score (nSPS) is 10.5. The maximum Gasteiger partial charge on any atom is 0.341 e. The van der Waals surface area contributed by atoms with Crippen molar-refractivity contribution in [1.29, 1.82) is 0 Å². The first-order valence-corrected chi connectivity index (χ1v) is 8.73. The molecule has 5 nitrogen and oxygen atoms in total. The van der Waals surface area contributed by atoms with Crippen LogP contribution in [0.4, 0.5) is 5.00 Å². The maximum absolute atomic E-state index is 12.9. The molecule has 0 amide bonds. The summed E-state index contributed by atoms with van der Waals surface area (Å²) in [7, 11) is 1.35. The summed E-state index contributed by atoms with van der Waals surface area (Å²) in [6.07, 6.45) is 1.26. The second-order valence-corrected chi connectivity index (χ2v) is 6.24. The third-order valence-corrected chi connectivity index (χ3v) is 4.80. The molecule has 0 bridgehead atoms. The molecule has 128 valence electrons. The molecule has 0 atom stereocenters. The van der Waals surface area contributed by atoms with Crippen molar-refractivity contribution in [2.75, 3.05) is 25.5 Å². The average molecular weight is 346 g/mol. The molecule has 0 saturated carbocycles. The van der Waals surface area contributed by atoms with Crippen molar-refractivity contribution in [2.45, 2.75) is 19.8 Å². The number of hydrogen-bond donors (Lipinski definition) is 2. The SMILES string of the molecule is CCNc1sc(C(=O)c2ccccc2)c(CCCN)c1C(=O)OC. The third kappa shape index (κ3) is 3.83. The van der Waals surface area contributed by atoms with E-state index in [1.807, 2.05) is 25.1 Å². The van der Waals surface area contributed by atoms with E-state index in [1.165, 1.54) is 18.4 Å². The van der Waals surface area contributed by atoms with Gasteiger partial charge in [-0.1, -0.05) is 30.3 Å². The summed E-state index contributed by atoms with van der Waals surface area (Å²) >= 11 is 1.31. The Morgan fingerprint density at radius 3 is 2.54 bits per heavy atom. The molecular formula is C18H22N2O3S. The number of nitrogens with two attached hydrogens (primary N) is 1. The molecule has 0 unspecified atom stereocenters. The van der Waals surface area contributed by atoms with E-state index in [0.29, 0.717) is 46.9 Å². The molecule has 1 aromatic carbocycles. The molecule has 0 saturated heterocycles. The number of ether oxygens (including phenoxy) is 1. The van der Waals surface area contributed by atoms with Crippen molar-refractivity contribution in [1.82, 2.24) is 0 Å². The number of nitrogens with one attached hydrogen (secondary N) is 1. The molecular weight excluding hydrogens is 324 g/mol. The molecule has 3 N–H and O–H groups in total. The van der Waals surface area contributed by atoms with Crippen LogP contribution in [0.3, 0.4) is 0 Å². The van der Waals surface area contributed by atoms with Crippen LogP contribution >= 0.6 is 11.3 Å². The minimum absolute atomic E-state index is 0.0815. The summed E-state index contributed by atoms with van der Waals surface area (Å²) in [5.41, 5.74) is 7.41. The molecule has 0 spiro atoms. The van der Waals surface area contributed by atoms with E-state index in [2.05, 4.69) is 5.32 Å². The number of rotatable bonds is 8. The molecule has 6 heteroatoms. The van der Waals surface area contributed by atoms with Gasteiger partial charge in [0, 0.05) is 12.1 Å². The monoisotopic (exact) mass is 346 g/mol. The van der Waals surface area contributed by atoms with E-state index in [-0.39, 0.29) is 5.78 Å². The van der Waals surface area contributed by atoms with Crippen LogP contribution in [0.15, 0.2) is 30.3 Å². The van der Waals surface area contributed by atoms with E-state index >= 15 is 0 Å². The van der Waals surface area contributed by atoms with Crippen LogP contribution in [0.5, 0.6) is 0 Å². The minimum Gasteiger partial charge on any atom is -0.465 e. The van der Waals surface area contributed by atoms with Gasteiger partial charge >= 0.3 is 5.97 Å². The van der Waals surface area contributed by atoms with Crippen LogP contribution in [-0.4, -0.2) is 32.0 Å². The Bertz CT molecular complexity index is 711. The number of methoxy groups -OCH3 is 1. The van der Waals surface area contributed by atoms with Gasteiger partial charge in [-0.2, -0.15) is 0 Å². The topological polar surface area (TPSA) is 81.4 Å². The quantitative estimate of drug-likeness (QED) is 0.567. The van der Waals surface area contributed by atoms with Crippen molar-refractivity contribution in [2.24, 2.45) is 5.73 Å². The van der Waals surface area contributed by atoms with Gasteiger partial charge in [-0.05, 0) is 31.9 Å². The van der Waals surface area contributed by atoms with Crippen LogP contribution in [0.25, 0.3) is 0 Å². The summed E-state index contributed by atoms with van der Waals surface area (Å²) in [5, 5.41) is 3.85. The van der Waals surface area contributed by atoms with E-state index in [1.54, 1.807) is 12.1 Å². The van der Waals surface area contributed by atoms with Crippen molar-refractivity contribution >= 4 is 28.1 Å². The molecule has 1 aromatic heterocycles. The Kier molecular flexibility index (Phi) is 6.52. The van der Waals surface area contributed by atoms with Gasteiger partial charge in [0.2, 0.25) is 5.78 Å². The lowest BCUT2D eigenvalue weighted by Crippen LogP contribution is -2.11. The highest BCUT2D eigenvalue weighted by molar-refractivity contribution is 7.18. The van der Waals surface area contributed by atoms with E-state index in [0.717, 1.165) is 5.56 Å². The highest BCUT2D eigenvalue weighted by Crippen LogP contribution is 2.36. The number of carbonyl (C=O) groups excluding carboxylic acids is 2. The number of anilines is 1. The van der Waals surface area contributed by atoms with Gasteiger partial charge in [-0.3, -0.25) is 4.79 Å². The molecule has 1 heterocycles. The Labute approximate surface area is 145 Å². The van der Waals surface area contributed by atoms with Gasteiger partial charge in [-0.15, -0.1) is 11.3 Å². The Morgan fingerprint density at radius 1 is 1.25 bits per heavy atom. The minimum atomic E-state index is -0.429. The predicted octanol–water partition coefficient (Wildman–Crippen LogP) is 3.09. The van der Waals surface area contributed by atoms with Gasteiger partial charge < -0.3 is 15.8 Å². The Morgan fingerprint density at radius 2 is 1.96 bits per heavy atom.